The molecule has 0 aliphatic carbocycles. The third-order valence-electron chi connectivity index (χ3n) is 4.54. The van der Waals surface area contributed by atoms with Crippen molar-refractivity contribution in [3.8, 4) is 0 Å². The van der Waals surface area contributed by atoms with Crippen LogP contribution in [-0.4, -0.2) is 76.4 Å². The van der Waals surface area contributed by atoms with Crippen molar-refractivity contribution in [2.24, 2.45) is 4.99 Å². The summed E-state index contributed by atoms with van der Waals surface area (Å²) in [4.78, 5) is 13.2. The molecular weight excluding hydrogens is 324 g/mol. The topological polar surface area (TPSA) is 65.0 Å². The van der Waals surface area contributed by atoms with E-state index in [4.69, 9.17) is 4.74 Å². The van der Waals surface area contributed by atoms with Gasteiger partial charge in [0.15, 0.2) is 11.1 Å². The molecule has 0 atom stereocenters. The number of nitrogens with zero attached hydrogens (tertiary/aromatic N) is 4. The Morgan fingerprint density at radius 3 is 2.54 bits per heavy atom. The van der Waals surface area contributed by atoms with E-state index < -0.39 is 0 Å². The third-order valence-corrected chi connectivity index (χ3v) is 5.60. The Bertz CT molecular complexity index is 536. The number of aromatic nitrogens is 1. The molecule has 0 saturated carbocycles. The predicted molar refractivity (Wildman–Crippen MR) is 101 cm³/mol. The summed E-state index contributed by atoms with van der Waals surface area (Å²) in [6.45, 7) is 3.15. The smallest absolute Gasteiger partial charge is 0.191 e. The Labute approximate surface area is 149 Å². The van der Waals surface area contributed by atoms with Crippen LogP contribution in [0, 0.1) is 0 Å². The van der Waals surface area contributed by atoms with Gasteiger partial charge in [-0.2, -0.15) is 0 Å². The molecular formula is C16H30N6OS. The van der Waals surface area contributed by atoms with Crippen LogP contribution < -0.4 is 15.5 Å². The van der Waals surface area contributed by atoms with Crippen LogP contribution in [0.1, 0.15) is 18.5 Å². The second kappa shape index (κ2) is 8.64. The summed E-state index contributed by atoms with van der Waals surface area (Å²) in [7, 11) is 10.1. The number of hydrogen-bond acceptors (Lipinski definition) is 6. The van der Waals surface area contributed by atoms with Gasteiger partial charge in [-0.25, -0.2) is 4.98 Å². The minimum atomic E-state index is 0.120. The van der Waals surface area contributed by atoms with Crippen molar-refractivity contribution in [2.75, 3.05) is 59.9 Å². The number of guanidine groups is 1. The molecule has 1 fully saturated rings. The predicted octanol–water partition coefficient (Wildman–Crippen LogP) is 0.985. The van der Waals surface area contributed by atoms with Gasteiger partial charge in [-0.15, -0.1) is 11.3 Å². The normalized spacial score (nSPS) is 17.8. The van der Waals surface area contributed by atoms with E-state index in [1.54, 1.807) is 18.4 Å². The van der Waals surface area contributed by atoms with Gasteiger partial charge in [0.2, 0.25) is 0 Å². The fourth-order valence-corrected chi connectivity index (χ4v) is 3.52. The highest BCUT2D eigenvalue weighted by Gasteiger charge is 2.34. The number of nitrogens with one attached hydrogen (secondary N) is 2. The van der Waals surface area contributed by atoms with Crippen molar-refractivity contribution >= 4 is 22.4 Å². The number of rotatable bonds is 6. The van der Waals surface area contributed by atoms with Gasteiger partial charge in [0.25, 0.3) is 0 Å². The first-order valence-electron chi connectivity index (χ1n) is 8.28. The number of likely N-dealkylation sites (N-methyl/N-ethyl adjacent to an activating group) is 1. The number of ether oxygens (including phenoxy) is 1. The van der Waals surface area contributed by atoms with Crippen molar-refractivity contribution in [3.05, 3.63) is 11.1 Å². The first kappa shape index (κ1) is 19.0. The monoisotopic (exact) mass is 354 g/mol. The van der Waals surface area contributed by atoms with Gasteiger partial charge in [-0.3, -0.25) is 4.99 Å². The second-order valence-corrected chi connectivity index (χ2v) is 7.36. The molecule has 1 aliphatic heterocycles. The SMILES string of the molecule is CN=C(NCc1csc(N(C)C)n1)NCC1(N(C)C)CCOCC1. The minimum Gasteiger partial charge on any atom is -0.381 e. The average molecular weight is 355 g/mol. The maximum absolute atomic E-state index is 5.52. The minimum absolute atomic E-state index is 0.120. The standard InChI is InChI=1S/C16H30N6OS/c1-17-14(18-10-13-11-24-15(20-13)21(2)3)19-12-16(22(4)5)6-8-23-9-7-16/h11H,6-10,12H2,1-5H3,(H2,17,18,19). The highest BCUT2D eigenvalue weighted by Crippen LogP contribution is 2.25. The quantitative estimate of drug-likeness (QED) is 0.587. The maximum Gasteiger partial charge on any atom is 0.191 e. The van der Waals surface area contributed by atoms with E-state index in [0.717, 1.165) is 49.4 Å². The van der Waals surface area contributed by atoms with Gasteiger partial charge in [-0.1, -0.05) is 0 Å². The fourth-order valence-electron chi connectivity index (χ4n) is 2.76. The number of thiazole rings is 1. The molecule has 0 radical (unpaired) electrons. The van der Waals surface area contributed by atoms with Crippen molar-refractivity contribution in [1.29, 1.82) is 0 Å². The zero-order chi connectivity index (χ0) is 17.6. The summed E-state index contributed by atoms with van der Waals surface area (Å²) in [5.74, 6) is 0.808. The molecule has 1 saturated heterocycles. The molecule has 1 aromatic rings. The molecule has 2 heterocycles. The van der Waals surface area contributed by atoms with Crippen LogP contribution in [0.4, 0.5) is 5.13 Å². The molecule has 136 valence electrons. The Kier molecular flexibility index (Phi) is 6.82. The Morgan fingerprint density at radius 1 is 1.29 bits per heavy atom. The van der Waals surface area contributed by atoms with E-state index in [2.05, 4.69) is 45.0 Å². The first-order valence-corrected chi connectivity index (χ1v) is 9.16. The van der Waals surface area contributed by atoms with E-state index in [-0.39, 0.29) is 5.54 Å². The van der Waals surface area contributed by atoms with Gasteiger partial charge in [0.1, 0.15) is 0 Å². The van der Waals surface area contributed by atoms with E-state index in [1.807, 2.05) is 19.0 Å². The summed E-state index contributed by atoms with van der Waals surface area (Å²) in [6.07, 6.45) is 2.06. The molecule has 1 aliphatic rings. The first-order chi connectivity index (χ1) is 11.5. The molecule has 2 rings (SSSR count). The molecule has 0 unspecified atom stereocenters. The lowest BCUT2D eigenvalue weighted by Gasteiger charge is -2.43. The molecule has 0 bridgehead atoms. The van der Waals surface area contributed by atoms with Gasteiger partial charge >= 0.3 is 0 Å². The lowest BCUT2D eigenvalue weighted by Crippen LogP contribution is -2.57. The average Bonchev–Trinajstić information content (AvgIpc) is 3.05. The number of aliphatic imine (C=N–C) groups is 1. The Morgan fingerprint density at radius 2 is 2.00 bits per heavy atom. The second-order valence-electron chi connectivity index (χ2n) is 6.53. The summed E-state index contributed by atoms with van der Waals surface area (Å²) in [5.41, 5.74) is 1.15. The van der Waals surface area contributed by atoms with Gasteiger partial charge in [0, 0.05) is 51.8 Å². The molecule has 7 nitrogen and oxygen atoms in total. The molecule has 24 heavy (non-hydrogen) atoms. The molecule has 0 amide bonds. The van der Waals surface area contributed by atoms with E-state index in [9.17, 15) is 0 Å². The molecule has 0 spiro atoms. The molecule has 2 N–H and O–H groups in total. The Balaban J connectivity index is 1.87. The van der Waals surface area contributed by atoms with E-state index in [1.165, 1.54) is 0 Å². The molecule has 8 heteroatoms. The van der Waals surface area contributed by atoms with Crippen LogP contribution in [-0.2, 0) is 11.3 Å². The van der Waals surface area contributed by atoms with Crippen LogP contribution in [0.15, 0.2) is 10.4 Å². The van der Waals surface area contributed by atoms with Gasteiger partial charge in [0.05, 0.1) is 12.2 Å². The molecule has 1 aromatic heterocycles. The zero-order valence-corrected chi connectivity index (χ0v) is 16.2. The summed E-state index contributed by atoms with van der Waals surface area (Å²) >= 11 is 1.65. The van der Waals surface area contributed by atoms with Crippen LogP contribution in [0.3, 0.4) is 0 Å². The van der Waals surface area contributed by atoms with Gasteiger partial charge in [-0.05, 0) is 26.9 Å². The van der Waals surface area contributed by atoms with Crippen molar-refractivity contribution < 1.29 is 4.74 Å². The van der Waals surface area contributed by atoms with Crippen LogP contribution in [0.25, 0.3) is 0 Å². The van der Waals surface area contributed by atoms with Crippen molar-refractivity contribution in [3.63, 3.8) is 0 Å². The Hall–Kier alpha value is -1.38. The summed E-state index contributed by atoms with van der Waals surface area (Å²) in [6, 6.07) is 0. The number of anilines is 1. The van der Waals surface area contributed by atoms with Crippen molar-refractivity contribution in [2.45, 2.75) is 24.9 Å². The van der Waals surface area contributed by atoms with Crippen LogP contribution in [0.5, 0.6) is 0 Å². The van der Waals surface area contributed by atoms with E-state index >= 15 is 0 Å². The number of hydrogen-bond donors (Lipinski definition) is 2. The molecule has 0 aromatic carbocycles. The highest BCUT2D eigenvalue weighted by atomic mass is 32.1. The highest BCUT2D eigenvalue weighted by molar-refractivity contribution is 7.13. The maximum atomic E-state index is 5.52. The van der Waals surface area contributed by atoms with E-state index in [0.29, 0.717) is 6.54 Å². The summed E-state index contributed by atoms with van der Waals surface area (Å²) < 4.78 is 5.52. The van der Waals surface area contributed by atoms with Crippen molar-refractivity contribution in [1.82, 2.24) is 20.5 Å². The lowest BCUT2D eigenvalue weighted by atomic mass is 9.88. The van der Waals surface area contributed by atoms with Crippen LogP contribution in [0.2, 0.25) is 0 Å². The van der Waals surface area contributed by atoms with Gasteiger partial charge < -0.3 is 25.2 Å². The van der Waals surface area contributed by atoms with Crippen LogP contribution >= 0.6 is 11.3 Å². The fraction of sp³-hybridized carbons (Fsp3) is 0.750. The largest absolute Gasteiger partial charge is 0.381 e. The lowest BCUT2D eigenvalue weighted by molar-refractivity contribution is -0.00501. The third kappa shape index (κ3) is 4.81. The summed E-state index contributed by atoms with van der Waals surface area (Å²) in [5, 5.41) is 9.91. The zero-order valence-electron chi connectivity index (χ0n) is 15.4.